The summed E-state index contributed by atoms with van der Waals surface area (Å²) in [5, 5.41) is 3.63. The van der Waals surface area contributed by atoms with E-state index in [4.69, 9.17) is 4.74 Å². The van der Waals surface area contributed by atoms with E-state index < -0.39 is 0 Å². The molecule has 1 saturated carbocycles. The van der Waals surface area contributed by atoms with Crippen LogP contribution in [0.15, 0.2) is 0 Å². The molecule has 1 heterocycles. The smallest absolute Gasteiger partial charge is 0.0814 e. The predicted octanol–water partition coefficient (Wildman–Crippen LogP) is 3.50. The molecular formula is C15H29NO. The van der Waals surface area contributed by atoms with E-state index in [-0.39, 0.29) is 11.2 Å². The highest BCUT2D eigenvalue weighted by Gasteiger charge is 2.43. The maximum absolute atomic E-state index is 6.59. The summed E-state index contributed by atoms with van der Waals surface area (Å²) in [5.41, 5.74) is 0.238. The zero-order valence-corrected chi connectivity index (χ0v) is 11.8. The Balaban J connectivity index is 1.94. The van der Waals surface area contributed by atoms with E-state index >= 15 is 0 Å². The predicted molar refractivity (Wildman–Crippen MR) is 72.2 cm³/mol. The van der Waals surface area contributed by atoms with Crippen molar-refractivity contribution in [1.82, 2.24) is 5.32 Å². The molecule has 0 aromatic heterocycles. The summed E-state index contributed by atoms with van der Waals surface area (Å²) >= 11 is 0. The SMILES string of the molecule is CC(C)CCC1(C)CNCC2(CCCCC2)O1. The van der Waals surface area contributed by atoms with Crippen molar-refractivity contribution in [3.63, 3.8) is 0 Å². The van der Waals surface area contributed by atoms with Crippen LogP contribution in [0.4, 0.5) is 0 Å². The van der Waals surface area contributed by atoms with Crippen molar-refractivity contribution in [2.45, 2.75) is 76.9 Å². The Labute approximate surface area is 107 Å². The van der Waals surface area contributed by atoms with Crippen LogP contribution >= 0.6 is 0 Å². The molecule has 1 spiro atoms. The third-order valence-corrected chi connectivity index (χ3v) is 4.42. The molecule has 0 aromatic carbocycles. The van der Waals surface area contributed by atoms with Crippen molar-refractivity contribution >= 4 is 0 Å². The molecular weight excluding hydrogens is 210 g/mol. The number of rotatable bonds is 3. The lowest BCUT2D eigenvalue weighted by Crippen LogP contribution is -2.59. The number of hydrogen-bond donors (Lipinski definition) is 1. The van der Waals surface area contributed by atoms with Crippen LogP contribution in [-0.2, 0) is 4.74 Å². The number of ether oxygens (including phenoxy) is 1. The summed E-state index contributed by atoms with van der Waals surface area (Å²) < 4.78 is 6.59. The molecule has 1 saturated heterocycles. The molecule has 1 aliphatic heterocycles. The summed E-state index contributed by atoms with van der Waals surface area (Å²) in [7, 11) is 0. The Morgan fingerprint density at radius 1 is 1.12 bits per heavy atom. The molecule has 2 nitrogen and oxygen atoms in total. The van der Waals surface area contributed by atoms with Gasteiger partial charge in [-0.05, 0) is 38.5 Å². The maximum Gasteiger partial charge on any atom is 0.0814 e. The molecule has 0 aromatic rings. The largest absolute Gasteiger partial charge is 0.366 e. The van der Waals surface area contributed by atoms with Crippen molar-refractivity contribution < 1.29 is 4.74 Å². The second kappa shape index (κ2) is 5.27. The molecule has 2 fully saturated rings. The highest BCUT2D eigenvalue weighted by Crippen LogP contribution is 2.38. The van der Waals surface area contributed by atoms with Crippen molar-refractivity contribution in [1.29, 1.82) is 0 Å². The summed E-state index contributed by atoms with van der Waals surface area (Å²) in [5.74, 6) is 0.777. The Kier molecular flexibility index (Phi) is 4.14. The highest BCUT2D eigenvalue weighted by molar-refractivity contribution is 4.96. The van der Waals surface area contributed by atoms with E-state index in [2.05, 4.69) is 26.1 Å². The molecule has 1 atom stereocenters. The first-order valence-electron chi connectivity index (χ1n) is 7.45. The molecule has 2 heteroatoms. The monoisotopic (exact) mass is 239 g/mol. The normalized spacial score (nSPS) is 33.2. The Morgan fingerprint density at radius 3 is 2.47 bits per heavy atom. The van der Waals surface area contributed by atoms with Gasteiger partial charge < -0.3 is 10.1 Å². The van der Waals surface area contributed by atoms with Crippen molar-refractivity contribution in [3.8, 4) is 0 Å². The van der Waals surface area contributed by atoms with E-state index in [0.29, 0.717) is 0 Å². The van der Waals surface area contributed by atoms with Crippen LogP contribution in [0.5, 0.6) is 0 Å². The summed E-state index contributed by atoms with van der Waals surface area (Å²) in [6.07, 6.45) is 9.08. The average Bonchev–Trinajstić information content (AvgIpc) is 2.27. The maximum atomic E-state index is 6.59. The van der Waals surface area contributed by atoms with Crippen molar-refractivity contribution in [2.24, 2.45) is 5.92 Å². The number of morpholine rings is 1. The van der Waals surface area contributed by atoms with Gasteiger partial charge in [-0.1, -0.05) is 33.1 Å². The molecule has 2 rings (SSSR count). The average molecular weight is 239 g/mol. The van der Waals surface area contributed by atoms with Crippen LogP contribution in [0.3, 0.4) is 0 Å². The van der Waals surface area contributed by atoms with E-state index in [1.54, 1.807) is 0 Å². The molecule has 0 amide bonds. The van der Waals surface area contributed by atoms with Gasteiger partial charge in [0.25, 0.3) is 0 Å². The highest BCUT2D eigenvalue weighted by atomic mass is 16.5. The zero-order chi connectivity index (χ0) is 12.4. The van der Waals surface area contributed by atoms with Gasteiger partial charge in [0, 0.05) is 13.1 Å². The topological polar surface area (TPSA) is 21.3 Å². The van der Waals surface area contributed by atoms with Crippen LogP contribution in [0, 0.1) is 5.92 Å². The third-order valence-electron chi connectivity index (χ3n) is 4.42. The second-order valence-electron chi connectivity index (χ2n) is 6.83. The van der Waals surface area contributed by atoms with E-state index in [0.717, 1.165) is 19.0 Å². The Hall–Kier alpha value is -0.0800. The lowest BCUT2D eigenvalue weighted by atomic mass is 9.81. The van der Waals surface area contributed by atoms with Gasteiger partial charge in [-0.2, -0.15) is 0 Å². The van der Waals surface area contributed by atoms with Gasteiger partial charge in [0.1, 0.15) is 0 Å². The fraction of sp³-hybridized carbons (Fsp3) is 1.00. The molecule has 1 aliphatic carbocycles. The van der Waals surface area contributed by atoms with Crippen LogP contribution in [0.1, 0.15) is 65.7 Å². The van der Waals surface area contributed by atoms with E-state index in [1.165, 1.54) is 44.9 Å². The first-order valence-corrected chi connectivity index (χ1v) is 7.45. The molecule has 0 bridgehead atoms. The number of hydrogen-bond acceptors (Lipinski definition) is 2. The minimum atomic E-state index is 0.0693. The Bertz CT molecular complexity index is 240. The molecule has 17 heavy (non-hydrogen) atoms. The molecule has 0 radical (unpaired) electrons. The van der Waals surface area contributed by atoms with Gasteiger partial charge in [-0.25, -0.2) is 0 Å². The van der Waals surface area contributed by atoms with Crippen molar-refractivity contribution in [3.05, 3.63) is 0 Å². The number of nitrogens with one attached hydrogen (secondary N) is 1. The molecule has 1 N–H and O–H groups in total. The van der Waals surface area contributed by atoms with Gasteiger partial charge in [0.15, 0.2) is 0 Å². The van der Waals surface area contributed by atoms with Gasteiger partial charge in [0.05, 0.1) is 11.2 Å². The van der Waals surface area contributed by atoms with E-state index in [9.17, 15) is 0 Å². The lowest BCUT2D eigenvalue weighted by Gasteiger charge is -2.49. The van der Waals surface area contributed by atoms with Gasteiger partial charge in [-0.3, -0.25) is 0 Å². The standard InChI is InChI=1S/C15H29NO/c1-13(2)7-10-14(3)11-16-12-15(17-14)8-5-4-6-9-15/h13,16H,4-12H2,1-3H3. The molecule has 1 unspecified atom stereocenters. The second-order valence-corrected chi connectivity index (χ2v) is 6.83. The van der Waals surface area contributed by atoms with Crippen LogP contribution in [0.2, 0.25) is 0 Å². The summed E-state index contributed by atoms with van der Waals surface area (Å²) in [6.45, 7) is 9.01. The van der Waals surface area contributed by atoms with Crippen molar-refractivity contribution in [2.75, 3.05) is 13.1 Å². The van der Waals surface area contributed by atoms with Crippen LogP contribution in [0.25, 0.3) is 0 Å². The molecule has 2 aliphatic rings. The van der Waals surface area contributed by atoms with Crippen LogP contribution < -0.4 is 5.32 Å². The zero-order valence-electron chi connectivity index (χ0n) is 11.8. The lowest BCUT2D eigenvalue weighted by molar-refractivity contribution is -0.187. The van der Waals surface area contributed by atoms with E-state index in [1.807, 2.05) is 0 Å². The van der Waals surface area contributed by atoms with Crippen LogP contribution in [-0.4, -0.2) is 24.3 Å². The first kappa shape index (κ1) is 13.4. The molecule has 100 valence electrons. The third kappa shape index (κ3) is 3.45. The van der Waals surface area contributed by atoms with Gasteiger partial charge >= 0.3 is 0 Å². The summed E-state index contributed by atoms with van der Waals surface area (Å²) in [6, 6.07) is 0. The fourth-order valence-corrected chi connectivity index (χ4v) is 3.36. The Morgan fingerprint density at radius 2 is 1.82 bits per heavy atom. The van der Waals surface area contributed by atoms with Gasteiger partial charge in [-0.15, -0.1) is 0 Å². The summed E-state index contributed by atoms with van der Waals surface area (Å²) in [4.78, 5) is 0. The quantitative estimate of drug-likeness (QED) is 0.814. The first-order chi connectivity index (χ1) is 8.04. The minimum Gasteiger partial charge on any atom is -0.366 e. The minimum absolute atomic E-state index is 0.0693. The fourth-order valence-electron chi connectivity index (χ4n) is 3.36. The van der Waals surface area contributed by atoms with Gasteiger partial charge in [0.2, 0.25) is 0 Å².